The molecule has 1 aromatic rings. The van der Waals surface area contributed by atoms with Gasteiger partial charge >= 0.3 is 5.97 Å². The molecule has 0 fully saturated rings. The molecule has 7 nitrogen and oxygen atoms in total. The summed E-state index contributed by atoms with van der Waals surface area (Å²) in [5, 5.41) is 10.6. The molecule has 0 aliphatic carbocycles. The van der Waals surface area contributed by atoms with Crippen molar-refractivity contribution in [3.8, 4) is 0 Å². The lowest BCUT2D eigenvalue weighted by Gasteiger charge is -2.22. The van der Waals surface area contributed by atoms with Gasteiger partial charge in [-0.15, -0.1) is 0 Å². The molecule has 0 amide bonds. The molecule has 0 aliphatic rings. The second-order valence-electron chi connectivity index (χ2n) is 4.49. The van der Waals surface area contributed by atoms with Gasteiger partial charge in [0.05, 0.1) is 23.6 Å². The highest BCUT2D eigenvalue weighted by Gasteiger charge is 2.30. The van der Waals surface area contributed by atoms with E-state index in [1.54, 1.807) is 13.8 Å². The largest absolute Gasteiger partial charge is 0.469 e. The van der Waals surface area contributed by atoms with E-state index in [-0.39, 0.29) is 12.2 Å². The van der Waals surface area contributed by atoms with Crippen molar-refractivity contribution < 1.29 is 14.5 Å². The number of esters is 1. The number of nitro groups is 1. The van der Waals surface area contributed by atoms with Crippen LogP contribution >= 0.6 is 0 Å². The van der Waals surface area contributed by atoms with Gasteiger partial charge in [0.15, 0.2) is 0 Å². The van der Waals surface area contributed by atoms with E-state index in [9.17, 15) is 19.7 Å². The summed E-state index contributed by atoms with van der Waals surface area (Å²) >= 11 is 0. The minimum absolute atomic E-state index is 0.0141. The quantitative estimate of drug-likeness (QED) is 0.453. The fourth-order valence-electron chi connectivity index (χ4n) is 1.52. The Morgan fingerprint density at radius 2 is 2.11 bits per heavy atom. The van der Waals surface area contributed by atoms with Gasteiger partial charge in [0.1, 0.15) is 0 Å². The van der Waals surface area contributed by atoms with Crippen LogP contribution in [0.25, 0.3) is 0 Å². The number of pyridine rings is 1. The molecule has 1 heterocycles. The zero-order chi connectivity index (χ0) is 13.9. The highest BCUT2D eigenvalue weighted by atomic mass is 16.6. The molecule has 0 atom stereocenters. The Morgan fingerprint density at radius 3 is 2.61 bits per heavy atom. The Hall–Kier alpha value is -2.18. The summed E-state index contributed by atoms with van der Waals surface area (Å²) in [5.41, 5.74) is -1.54. The van der Waals surface area contributed by atoms with Crippen molar-refractivity contribution >= 4 is 11.7 Å². The summed E-state index contributed by atoms with van der Waals surface area (Å²) in [6.45, 7) is 3.22. The van der Waals surface area contributed by atoms with Crippen LogP contribution in [0.2, 0.25) is 0 Å². The first kappa shape index (κ1) is 13.9. The number of carbonyl (C=O) groups excluding carboxylic acids is 1. The van der Waals surface area contributed by atoms with E-state index in [1.165, 1.54) is 7.11 Å². The van der Waals surface area contributed by atoms with Crippen LogP contribution in [0.5, 0.6) is 0 Å². The summed E-state index contributed by atoms with van der Waals surface area (Å²) in [6.07, 6.45) is 1.12. The van der Waals surface area contributed by atoms with Gasteiger partial charge in [-0.25, -0.2) is 0 Å². The smallest absolute Gasteiger partial charge is 0.313 e. The molecule has 0 spiro atoms. The molecule has 0 N–H and O–H groups in total. The first-order valence-corrected chi connectivity index (χ1v) is 5.21. The number of carbonyl (C=O) groups is 1. The van der Waals surface area contributed by atoms with Crippen molar-refractivity contribution in [3.05, 3.63) is 38.8 Å². The average Bonchev–Trinajstić information content (AvgIpc) is 2.30. The lowest BCUT2D eigenvalue weighted by Crippen LogP contribution is -2.34. The molecular weight excluding hydrogens is 240 g/mol. The third-order valence-electron chi connectivity index (χ3n) is 2.48. The Morgan fingerprint density at radius 1 is 1.50 bits per heavy atom. The average molecular weight is 254 g/mol. The van der Waals surface area contributed by atoms with E-state index in [1.807, 2.05) is 0 Å². The second kappa shape index (κ2) is 4.99. The zero-order valence-corrected chi connectivity index (χ0v) is 10.4. The molecule has 0 aliphatic heterocycles. The number of rotatable bonds is 4. The van der Waals surface area contributed by atoms with Gasteiger partial charge in [0, 0.05) is 18.7 Å². The maximum atomic E-state index is 11.6. The molecule has 0 unspecified atom stereocenters. The molecule has 7 heteroatoms. The summed E-state index contributed by atoms with van der Waals surface area (Å²) < 4.78 is 5.75. The van der Waals surface area contributed by atoms with Crippen LogP contribution in [0, 0.1) is 15.5 Å². The SMILES string of the molecule is COC(=O)C(C)(C)Cn1cc([N+](=O)[O-])ccc1=O. The molecule has 1 aromatic heterocycles. The molecule has 0 bridgehead atoms. The Bertz CT molecular complexity index is 532. The molecule has 98 valence electrons. The monoisotopic (exact) mass is 254 g/mol. The third-order valence-corrected chi connectivity index (χ3v) is 2.48. The topological polar surface area (TPSA) is 91.4 Å². The molecule has 0 saturated carbocycles. The van der Waals surface area contributed by atoms with Gasteiger partial charge in [0.25, 0.3) is 11.2 Å². The van der Waals surface area contributed by atoms with Crippen molar-refractivity contribution in [2.24, 2.45) is 5.41 Å². The summed E-state index contributed by atoms with van der Waals surface area (Å²) in [7, 11) is 1.25. The molecule has 18 heavy (non-hydrogen) atoms. The number of hydrogen-bond donors (Lipinski definition) is 0. The minimum Gasteiger partial charge on any atom is -0.469 e. The minimum atomic E-state index is -0.937. The summed E-state index contributed by atoms with van der Waals surface area (Å²) in [6, 6.07) is 2.23. The van der Waals surface area contributed by atoms with E-state index < -0.39 is 21.9 Å². The number of methoxy groups -OCH3 is 1. The molecule has 0 saturated heterocycles. The van der Waals surface area contributed by atoms with Crippen LogP contribution in [-0.4, -0.2) is 22.6 Å². The van der Waals surface area contributed by atoms with E-state index in [0.29, 0.717) is 0 Å². The zero-order valence-electron chi connectivity index (χ0n) is 10.4. The van der Waals surface area contributed by atoms with E-state index in [4.69, 9.17) is 0 Å². The Kier molecular flexibility index (Phi) is 3.85. The van der Waals surface area contributed by atoms with Crippen LogP contribution in [0.3, 0.4) is 0 Å². The fraction of sp³-hybridized carbons (Fsp3) is 0.455. The van der Waals surface area contributed by atoms with Crippen molar-refractivity contribution in [2.45, 2.75) is 20.4 Å². The van der Waals surface area contributed by atoms with Crippen molar-refractivity contribution in [2.75, 3.05) is 7.11 Å². The Balaban J connectivity index is 3.11. The molecule has 0 aromatic carbocycles. The van der Waals surface area contributed by atoms with Crippen LogP contribution in [-0.2, 0) is 16.1 Å². The number of aromatic nitrogens is 1. The van der Waals surface area contributed by atoms with Gasteiger partial charge in [0.2, 0.25) is 0 Å². The van der Waals surface area contributed by atoms with Gasteiger partial charge in [-0.2, -0.15) is 0 Å². The predicted octanol–water partition coefficient (Wildman–Crippen LogP) is 0.956. The standard InChI is InChI=1S/C11H14N2O5/c1-11(2,10(15)18-3)7-12-6-8(13(16)17)4-5-9(12)14/h4-6H,7H2,1-3H3. The summed E-state index contributed by atoms with van der Waals surface area (Å²) in [5.74, 6) is -0.485. The second-order valence-corrected chi connectivity index (χ2v) is 4.49. The van der Waals surface area contributed by atoms with Gasteiger partial charge in [-0.05, 0) is 13.8 Å². The first-order valence-electron chi connectivity index (χ1n) is 5.21. The lowest BCUT2D eigenvalue weighted by molar-refractivity contribution is -0.385. The summed E-state index contributed by atoms with van der Waals surface area (Å²) in [4.78, 5) is 33.1. The highest BCUT2D eigenvalue weighted by Crippen LogP contribution is 2.20. The third kappa shape index (κ3) is 2.93. The highest BCUT2D eigenvalue weighted by molar-refractivity contribution is 5.75. The maximum Gasteiger partial charge on any atom is 0.313 e. The van der Waals surface area contributed by atoms with Gasteiger partial charge in [-0.3, -0.25) is 19.7 Å². The first-order chi connectivity index (χ1) is 8.27. The predicted molar refractivity (Wildman–Crippen MR) is 63.2 cm³/mol. The maximum absolute atomic E-state index is 11.6. The fourth-order valence-corrected chi connectivity index (χ4v) is 1.52. The van der Waals surface area contributed by atoms with Gasteiger partial charge < -0.3 is 9.30 Å². The van der Waals surface area contributed by atoms with E-state index in [2.05, 4.69) is 4.74 Å². The molecule has 1 rings (SSSR count). The van der Waals surface area contributed by atoms with Crippen LogP contribution in [0.1, 0.15) is 13.8 Å². The molecule has 0 radical (unpaired) electrons. The normalized spacial score (nSPS) is 11.1. The van der Waals surface area contributed by atoms with Crippen LogP contribution in [0.4, 0.5) is 5.69 Å². The van der Waals surface area contributed by atoms with Crippen molar-refractivity contribution in [1.29, 1.82) is 0 Å². The molecular formula is C11H14N2O5. The van der Waals surface area contributed by atoms with Crippen LogP contribution in [0.15, 0.2) is 23.1 Å². The van der Waals surface area contributed by atoms with E-state index in [0.717, 1.165) is 22.9 Å². The van der Waals surface area contributed by atoms with Gasteiger partial charge in [-0.1, -0.05) is 0 Å². The van der Waals surface area contributed by atoms with Crippen molar-refractivity contribution in [3.63, 3.8) is 0 Å². The van der Waals surface area contributed by atoms with Crippen molar-refractivity contribution in [1.82, 2.24) is 4.57 Å². The lowest BCUT2D eigenvalue weighted by atomic mass is 9.93. The number of nitrogens with zero attached hydrogens (tertiary/aromatic N) is 2. The number of ether oxygens (including phenoxy) is 1. The number of hydrogen-bond acceptors (Lipinski definition) is 5. The Labute approximate surface area is 103 Å². The van der Waals surface area contributed by atoms with Crippen LogP contribution < -0.4 is 5.56 Å². The van der Waals surface area contributed by atoms with E-state index >= 15 is 0 Å².